The van der Waals surface area contributed by atoms with Crippen LogP contribution in [0.2, 0.25) is 0 Å². The van der Waals surface area contributed by atoms with Gasteiger partial charge in [0.1, 0.15) is 5.82 Å². The lowest BCUT2D eigenvalue weighted by molar-refractivity contribution is -0.124. The summed E-state index contributed by atoms with van der Waals surface area (Å²) in [5.74, 6) is -0.336. The predicted molar refractivity (Wildman–Crippen MR) is 93.7 cm³/mol. The van der Waals surface area contributed by atoms with Crippen molar-refractivity contribution >= 4 is 17.5 Å². The number of anilines is 1. The number of hydrogen-bond donors (Lipinski definition) is 2. The quantitative estimate of drug-likeness (QED) is 0.807. The minimum Gasteiger partial charge on any atom is -0.352 e. The van der Waals surface area contributed by atoms with Gasteiger partial charge in [0.2, 0.25) is 11.8 Å². The summed E-state index contributed by atoms with van der Waals surface area (Å²) < 4.78 is 12.9. The molecule has 1 saturated carbocycles. The van der Waals surface area contributed by atoms with Gasteiger partial charge in [0.15, 0.2) is 0 Å². The summed E-state index contributed by atoms with van der Waals surface area (Å²) in [6.07, 6.45) is 2.19. The normalized spacial score (nSPS) is 20.1. The van der Waals surface area contributed by atoms with Gasteiger partial charge >= 0.3 is 0 Å². The van der Waals surface area contributed by atoms with Gasteiger partial charge in [-0.15, -0.1) is 0 Å². The van der Waals surface area contributed by atoms with E-state index < -0.39 is 0 Å². The lowest BCUT2D eigenvalue weighted by Crippen LogP contribution is -2.54. The molecule has 1 aromatic carbocycles. The van der Waals surface area contributed by atoms with Crippen molar-refractivity contribution < 1.29 is 14.0 Å². The lowest BCUT2D eigenvalue weighted by atomic mass is 10.2. The highest BCUT2D eigenvalue weighted by molar-refractivity contribution is 5.94. The first-order valence-corrected chi connectivity index (χ1v) is 8.83. The maximum absolute atomic E-state index is 12.9. The Morgan fingerprint density at radius 2 is 1.80 bits per heavy atom. The Balaban J connectivity index is 1.42. The number of nitrogens with zero attached hydrogens (tertiary/aromatic N) is 2. The smallest absolute Gasteiger partial charge is 0.241 e. The summed E-state index contributed by atoms with van der Waals surface area (Å²) in [4.78, 5) is 28.4. The minimum atomic E-state index is -0.326. The number of piperazine rings is 1. The summed E-state index contributed by atoms with van der Waals surface area (Å²) in [5, 5.41) is 5.81. The van der Waals surface area contributed by atoms with Crippen LogP contribution in [0.15, 0.2) is 24.3 Å². The van der Waals surface area contributed by atoms with Crippen molar-refractivity contribution in [1.29, 1.82) is 0 Å². The zero-order valence-electron chi connectivity index (χ0n) is 14.5. The molecular weight excluding hydrogens is 323 g/mol. The molecule has 1 heterocycles. The highest BCUT2D eigenvalue weighted by Crippen LogP contribution is 2.18. The molecule has 1 atom stereocenters. The molecule has 1 aromatic rings. The fraction of sp³-hybridized carbons (Fsp3) is 0.556. The van der Waals surface area contributed by atoms with Crippen LogP contribution in [0.3, 0.4) is 0 Å². The Hall–Kier alpha value is -1.99. The molecule has 1 aliphatic heterocycles. The molecule has 3 rings (SSSR count). The largest absolute Gasteiger partial charge is 0.352 e. The van der Waals surface area contributed by atoms with E-state index in [1.807, 2.05) is 6.92 Å². The number of carbonyl (C=O) groups excluding carboxylic acids is 2. The van der Waals surface area contributed by atoms with Crippen molar-refractivity contribution in [2.45, 2.75) is 31.8 Å². The molecule has 6 nitrogen and oxygen atoms in total. The first kappa shape index (κ1) is 17.8. The number of rotatable bonds is 6. The van der Waals surface area contributed by atoms with E-state index >= 15 is 0 Å². The lowest BCUT2D eigenvalue weighted by Gasteiger charge is -2.37. The Kier molecular flexibility index (Phi) is 5.65. The van der Waals surface area contributed by atoms with Crippen LogP contribution in [-0.2, 0) is 9.59 Å². The second-order valence-corrected chi connectivity index (χ2v) is 6.83. The van der Waals surface area contributed by atoms with Crippen molar-refractivity contribution in [3.05, 3.63) is 30.1 Å². The summed E-state index contributed by atoms with van der Waals surface area (Å²) >= 11 is 0. The summed E-state index contributed by atoms with van der Waals surface area (Å²) in [6.45, 7) is 5.33. The molecule has 0 bridgehead atoms. The van der Waals surface area contributed by atoms with Crippen molar-refractivity contribution in [2.24, 2.45) is 0 Å². The van der Waals surface area contributed by atoms with Gasteiger partial charge in [-0.1, -0.05) is 0 Å². The van der Waals surface area contributed by atoms with Crippen LogP contribution in [0.4, 0.5) is 10.1 Å². The van der Waals surface area contributed by atoms with Crippen LogP contribution in [0.25, 0.3) is 0 Å². The molecule has 0 radical (unpaired) electrons. The fourth-order valence-corrected chi connectivity index (χ4v) is 2.96. The molecule has 136 valence electrons. The zero-order chi connectivity index (χ0) is 17.8. The summed E-state index contributed by atoms with van der Waals surface area (Å²) in [5.41, 5.74) is 0.591. The average molecular weight is 348 g/mol. The summed E-state index contributed by atoms with van der Waals surface area (Å²) in [7, 11) is 0. The van der Waals surface area contributed by atoms with Gasteiger partial charge in [-0.05, 0) is 44.0 Å². The molecule has 1 aliphatic carbocycles. The number of amides is 2. The SMILES string of the molecule is C[C@H](C(=O)Nc1ccc(F)cc1)N1CCN(CC(=O)NC2CC2)CC1. The maximum Gasteiger partial charge on any atom is 0.241 e. The van der Waals surface area contributed by atoms with Crippen LogP contribution in [-0.4, -0.2) is 66.4 Å². The van der Waals surface area contributed by atoms with Gasteiger partial charge in [-0.2, -0.15) is 0 Å². The Bertz CT molecular complexity index is 610. The van der Waals surface area contributed by atoms with Gasteiger partial charge in [-0.3, -0.25) is 19.4 Å². The Labute approximate surface area is 147 Å². The van der Waals surface area contributed by atoms with Gasteiger partial charge in [0.25, 0.3) is 0 Å². The zero-order valence-corrected chi connectivity index (χ0v) is 14.5. The van der Waals surface area contributed by atoms with Crippen LogP contribution >= 0.6 is 0 Å². The van der Waals surface area contributed by atoms with Crippen LogP contribution in [0, 0.1) is 5.82 Å². The van der Waals surface area contributed by atoms with Crippen molar-refractivity contribution in [3.8, 4) is 0 Å². The Morgan fingerprint density at radius 3 is 2.40 bits per heavy atom. The molecule has 2 fully saturated rings. The van der Waals surface area contributed by atoms with E-state index in [0.29, 0.717) is 18.3 Å². The highest BCUT2D eigenvalue weighted by Gasteiger charge is 2.28. The molecule has 1 saturated heterocycles. The number of benzene rings is 1. The average Bonchev–Trinajstić information content (AvgIpc) is 3.40. The molecule has 2 N–H and O–H groups in total. The molecule has 0 spiro atoms. The van der Waals surface area contributed by atoms with E-state index in [1.54, 1.807) is 12.1 Å². The van der Waals surface area contributed by atoms with Gasteiger partial charge < -0.3 is 10.6 Å². The van der Waals surface area contributed by atoms with E-state index in [9.17, 15) is 14.0 Å². The van der Waals surface area contributed by atoms with E-state index in [1.165, 1.54) is 12.1 Å². The van der Waals surface area contributed by atoms with E-state index in [4.69, 9.17) is 0 Å². The predicted octanol–water partition coefficient (Wildman–Crippen LogP) is 1.05. The third kappa shape index (κ3) is 5.24. The van der Waals surface area contributed by atoms with Crippen LogP contribution < -0.4 is 10.6 Å². The fourth-order valence-electron chi connectivity index (χ4n) is 2.96. The molecule has 7 heteroatoms. The van der Waals surface area contributed by atoms with E-state index in [0.717, 1.165) is 39.0 Å². The first-order chi connectivity index (χ1) is 12.0. The molecule has 2 aliphatic rings. The molecule has 2 amide bonds. The van der Waals surface area contributed by atoms with Crippen molar-refractivity contribution in [3.63, 3.8) is 0 Å². The van der Waals surface area contributed by atoms with Crippen molar-refractivity contribution in [1.82, 2.24) is 15.1 Å². The Morgan fingerprint density at radius 1 is 1.16 bits per heavy atom. The van der Waals surface area contributed by atoms with Gasteiger partial charge in [0, 0.05) is 37.9 Å². The maximum atomic E-state index is 12.9. The molecular formula is C18H25FN4O2. The minimum absolute atomic E-state index is 0.0954. The number of hydrogen-bond acceptors (Lipinski definition) is 4. The van der Waals surface area contributed by atoms with Crippen LogP contribution in [0.5, 0.6) is 0 Å². The first-order valence-electron chi connectivity index (χ1n) is 8.83. The molecule has 0 aromatic heterocycles. The highest BCUT2D eigenvalue weighted by atomic mass is 19.1. The second kappa shape index (κ2) is 7.93. The van der Waals surface area contributed by atoms with Crippen molar-refractivity contribution in [2.75, 3.05) is 38.0 Å². The van der Waals surface area contributed by atoms with Gasteiger partial charge in [0.05, 0.1) is 12.6 Å². The second-order valence-electron chi connectivity index (χ2n) is 6.83. The molecule has 25 heavy (non-hydrogen) atoms. The summed E-state index contributed by atoms with van der Waals surface area (Å²) in [6, 6.07) is 5.88. The van der Waals surface area contributed by atoms with E-state index in [2.05, 4.69) is 20.4 Å². The standard InChI is InChI=1S/C18H25FN4O2/c1-13(18(25)21-16-4-2-14(19)3-5-16)23-10-8-22(9-11-23)12-17(24)20-15-6-7-15/h2-5,13,15H,6-12H2,1H3,(H,20,24)(H,21,25)/t13-/m1/s1. The number of carbonyl (C=O) groups is 2. The van der Waals surface area contributed by atoms with Crippen LogP contribution in [0.1, 0.15) is 19.8 Å². The third-order valence-corrected chi connectivity index (χ3v) is 4.76. The topological polar surface area (TPSA) is 64.7 Å². The molecule has 0 unspecified atom stereocenters. The monoisotopic (exact) mass is 348 g/mol. The number of halogens is 1. The van der Waals surface area contributed by atoms with E-state index in [-0.39, 0.29) is 23.7 Å². The number of nitrogens with one attached hydrogen (secondary N) is 2. The van der Waals surface area contributed by atoms with Gasteiger partial charge in [-0.25, -0.2) is 4.39 Å². The third-order valence-electron chi connectivity index (χ3n) is 4.76.